The van der Waals surface area contributed by atoms with Crippen molar-refractivity contribution in [2.45, 2.75) is 50.8 Å². The standard InChI is InChI=1S/C22H25N3O6/c1-12-5-6-15-16(7-12)24-17(22(29)30)9-19(15)31-11-20(27)25-10-14(26)8-18(25)21(28)23-13-3-2-4-13/h5-7,9,13-14,18,26H,2-4,8,10-11H2,1H3,(H,23,28)(H,29,30)/t14-,18-/m0/s1. The number of pyridine rings is 1. The average molecular weight is 427 g/mol. The maximum absolute atomic E-state index is 12.8. The van der Waals surface area contributed by atoms with Gasteiger partial charge in [0.25, 0.3) is 5.91 Å². The van der Waals surface area contributed by atoms with Crippen LogP contribution in [-0.4, -0.2) is 69.2 Å². The van der Waals surface area contributed by atoms with E-state index in [2.05, 4.69) is 10.3 Å². The molecule has 1 aliphatic carbocycles. The maximum atomic E-state index is 12.8. The number of likely N-dealkylation sites (tertiary alicyclic amines) is 1. The van der Waals surface area contributed by atoms with Crippen LogP contribution in [0.3, 0.4) is 0 Å². The van der Waals surface area contributed by atoms with Gasteiger partial charge < -0.3 is 25.2 Å². The number of carboxylic acid groups (broad SMARTS) is 1. The van der Waals surface area contributed by atoms with Crippen LogP contribution in [0.1, 0.15) is 41.7 Å². The molecule has 2 atom stereocenters. The number of aryl methyl sites for hydroxylation is 1. The van der Waals surface area contributed by atoms with Gasteiger partial charge in [0.15, 0.2) is 12.3 Å². The summed E-state index contributed by atoms with van der Waals surface area (Å²) in [6.07, 6.45) is 2.35. The van der Waals surface area contributed by atoms with Crippen LogP contribution < -0.4 is 10.1 Å². The average Bonchev–Trinajstić information content (AvgIpc) is 3.09. The van der Waals surface area contributed by atoms with Crippen LogP contribution in [0, 0.1) is 6.92 Å². The lowest BCUT2D eigenvalue weighted by molar-refractivity contribution is -0.140. The van der Waals surface area contributed by atoms with Crippen molar-refractivity contribution in [3.05, 3.63) is 35.5 Å². The van der Waals surface area contributed by atoms with Crippen LogP contribution >= 0.6 is 0 Å². The first-order valence-corrected chi connectivity index (χ1v) is 10.4. The van der Waals surface area contributed by atoms with Crippen LogP contribution in [-0.2, 0) is 9.59 Å². The predicted octanol–water partition coefficient (Wildman–Crippen LogP) is 1.25. The number of hydrogen-bond donors (Lipinski definition) is 3. The van der Waals surface area contributed by atoms with Crippen molar-refractivity contribution in [3.8, 4) is 5.75 Å². The molecule has 4 rings (SSSR count). The van der Waals surface area contributed by atoms with Crippen LogP contribution in [0.15, 0.2) is 24.3 Å². The number of aromatic carboxylic acids is 1. The summed E-state index contributed by atoms with van der Waals surface area (Å²) in [6, 6.07) is 6.03. The van der Waals surface area contributed by atoms with E-state index in [4.69, 9.17) is 4.74 Å². The number of hydrogen-bond acceptors (Lipinski definition) is 6. The number of carboxylic acids is 1. The molecule has 1 aromatic heterocycles. The molecule has 3 N–H and O–H groups in total. The molecule has 2 fully saturated rings. The molecule has 0 unspecified atom stereocenters. The molecule has 0 bridgehead atoms. The second-order valence-electron chi connectivity index (χ2n) is 8.21. The van der Waals surface area contributed by atoms with E-state index in [0.717, 1.165) is 24.8 Å². The van der Waals surface area contributed by atoms with Gasteiger partial charge in [-0.1, -0.05) is 6.07 Å². The first-order chi connectivity index (χ1) is 14.8. The normalized spacial score (nSPS) is 21.0. The Morgan fingerprint density at radius 1 is 1.26 bits per heavy atom. The number of rotatable bonds is 6. The Labute approximate surface area is 179 Å². The Balaban J connectivity index is 1.50. The molecule has 31 heavy (non-hydrogen) atoms. The molecule has 1 saturated carbocycles. The molecular formula is C22H25N3O6. The molecule has 2 aliphatic rings. The highest BCUT2D eigenvalue weighted by Gasteiger charge is 2.40. The van der Waals surface area contributed by atoms with Crippen molar-refractivity contribution < 1.29 is 29.3 Å². The summed E-state index contributed by atoms with van der Waals surface area (Å²) in [5.41, 5.74) is 1.18. The molecule has 1 aromatic carbocycles. The zero-order chi connectivity index (χ0) is 22.1. The minimum absolute atomic E-state index is 0.0572. The summed E-state index contributed by atoms with van der Waals surface area (Å²) in [5, 5.41) is 22.9. The van der Waals surface area contributed by atoms with Gasteiger partial charge in [-0.25, -0.2) is 9.78 Å². The highest BCUT2D eigenvalue weighted by Crippen LogP contribution is 2.27. The monoisotopic (exact) mass is 427 g/mol. The zero-order valence-corrected chi connectivity index (χ0v) is 17.2. The molecule has 0 radical (unpaired) electrons. The third-order valence-electron chi connectivity index (χ3n) is 5.85. The largest absolute Gasteiger partial charge is 0.483 e. The van der Waals surface area contributed by atoms with Crippen LogP contribution in [0.4, 0.5) is 0 Å². The number of ether oxygens (including phenoxy) is 1. The van der Waals surface area contributed by atoms with E-state index in [9.17, 15) is 24.6 Å². The van der Waals surface area contributed by atoms with Gasteiger partial charge in [-0.05, 0) is 43.9 Å². The first-order valence-electron chi connectivity index (χ1n) is 10.4. The maximum Gasteiger partial charge on any atom is 0.354 e. The van der Waals surface area contributed by atoms with Gasteiger partial charge in [0.05, 0.1) is 11.6 Å². The number of aliphatic hydroxyl groups is 1. The number of carbonyl (C=O) groups is 3. The van der Waals surface area contributed by atoms with Gasteiger partial charge in [0, 0.05) is 30.5 Å². The van der Waals surface area contributed by atoms with Crippen molar-refractivity contribution in [2.24, 2.45) is 0 Å². The molecule has 9 nitrogen and oxygen atoms in total. The summed E-state index contributed by atoms with van der Waals surface area (Å²) in [7, 11) is 0. The van der Waals surface area contributed by atoms with Crippen molar-refractivity contribution in [3.63, 3.8) is 0 Å². The van der Waals surface area contributed by atoms with Crippen LogP contribution in [0.2, 0.25) is 0 Å². The number of nitrogens with one attached hydrogen (secondary N) is 1. The van der Waals surface area contributed by atoms with E-state index < -0.39 is 24.0 Å². The second kappa shape index (κ2) is 8.50. The number of benzene rings is 1. The summed E-state index contributed by atoms with van der Waals surface area (Å²) < 4.78 is 5.69. The summed E-state index contributed by atoms with van der Waals surface area (Å²) in [4.78, 5) is 42.3. The number of β-amino-alcohol motifs (C(OH)–C–C–N with tert-alkyl or cyclic N) is 1. The summed E-state index contributed by atoms with van der Waals surface area (Å²) in [6.45, 7) is 1.54. The number of amides is 2. The van der Waals surface area contributed by atoms with Crippen molar-refractivity contribution in [1.29, 1.82) is 0 Å². The van der Waals surface area contributed by atoms with E-state index in [1.807, 2.05) is 13.0 Å². The number of aromatic nitrogens is 1. The number of carbonyl (C=O) groups excluding carboxylic acids is 2. The third-order valence-corrected chi connectivity index (χ3v) is 5.85. The summed E-state index contributed by atoms with van der Waals surface area (Å²) >= 11 is 0. The molecule has 2 amide bonds. The van der Waals surface area contributed by atoms with E-state index in [1.165, 1.54) is 11.0 Å². The SMILES string of the molecule is Cc1ccc2c(OCC(=O)N3C[C@@H](O)C[C@H]3C(=O)NC3CCC3)cc(C(=O)O)nc2c1. The fraction of sp³-hybridized carbons (Fsp3) is 0.455. The van der Waals surface area contributed by atoms with E-state index >= 15 is 0 Å². The lowest BCUT2D eigenvalue weighted by atomic mass is 9.93. The minimum Gasteiger partial charge on any atom is -0.483 e. The minimum atomic E-state index is -1.20. The molecule has 1 aliphatic heterocycles. The number of fused-ring (bicyclic) bond motifs is 1. The lowest BCUT2D eigenvalue weighted by Gasteiger charge is -2.30. The topological polar surface area (TPSA) is 129 Å². The quantitative estimate of drug-likeness (QED) is 0.633. The molecule has 2 heterocycles. The summed E-state index contributed by atoms with van der Waals surface area (Å²) in [5.74, 6) is -1.67. The fourth-order valence-electron chi connectivity index (χ4n) is 3.95. The van der Waals surface area contributed by atoms with Gasteiger partial charge in [-0.15, -0.1) is 0 Å². The predicted molar refractivity (Wildman–Crippen MR) is 111 cm³/mol. The molecule has 2 aromatic rings. The van der Waals surface area contributed by atoms with Crippen molar-refractivity contribution in [1.82, 2.24) is 15.2 Å². The second-order valence-corrected chi connectivity index (χ2v) is 8.21. The van der Waals surface area contributed by atoms with Crippen molar-refractivity contribution in [2.75, 3.05) is 13.2 Å². The fourth-order valence-corrected chi connectivity index (χ4v) is 3.95. The number of nitrogens with zero attached hydrogens (tertiary/aromatic N) is 2. The highest BCUT2D eigenvalue weighted by atomic mass is 16.5. The Hall–Kier alpha value is -3.20. The van der Waals surface area contributed by atoms with E-state index in [1.54, 1.807) is 12.1 Å². The van der Waals surface area contributed by atoms with Gasteiger partial charge in [0.1, 0.15) is 11.8 Å². The molecule has 9 heteroatoms. The van der Waals surface area contributed by atoms with Crippen molar-refractivity contribution >= 4 is 28.7 Å². The van der Waals surface area contributed by atoms with Gasteiger partial charge in [0.2, 0.25) is 5.91 Å². The Morgan fingerprint density at radius 2 is 2.03 bits per heavy atom. The Kier molecular flexibility index (Phi) is 5.77. The molecule has 164 valence electrons. The van der Waals surface area contributed by atoms with Crippen LogP contribution in [0.25, 0.3) is 10.9 Å². The number of aliphatic hydroxyl groups excluding tert-OH is 1. The lowest BCUT2D eigenvalue weighted by Crippen LogP contribution is -2.51. The third kappa shape index (κ3) is 4.46. The first kappa shape index (κ1) is 21.0. The molecule has 0 spiro atoms. The smallest absolute Gasteiger partial charge is 0.354 e. The zero-order valence-electron chi connectivity index (χ0n) is 17.2. The van der Waals surface area contributed by atoms with Crippen LogP contribution in [0.5, 0.6) is 5.75 Å². The van der Waals surface area contributed by atoms with Gasteiger partial charge in [-0.3, -0.25) is 9.59 Å². The van der Waals surface area contributed by atoms with E-state index in [-0.39, 0.29) is 43.0 Å². The Bertz CT molecular complexity index is 1040. The van der Waals surface area contributed by atoms with E-state index in [0.29, 0.717) is 10.9 Å². The highest BCUT2D eigenvalue weighted by molar-refractivity contribution is 5.94. The van der Waals surface area contributed by atoms with Gasteiger partial charge >= 0.3 is 5.97 Å². The van der Waals surface area contributed by atoms with Gasteiger partial charge in [-0.2, -0.15) is 0 Å². The molecular weight excluding hydrogens is 402 g/mol. The Morgan fingerprint density at radius 3 is 2.71 bits per heavy atom. The molecule has 1 saturated heterocycles.